The number of rotatable bonds is 8. The first kappa shape index (κ1) is 18.1. The molecule has 138 valence electrons. The minimum absolute atomic E-state index is 0.0664. The average molecular weight is 356 g/mol. The SMILES string of the molecule is CCN(CCOc1ccccc1)CC(=O)Nc1ccc2c(c1)OCCO2. The largest absolute Gasteiger partial charge is 0.492 e. The predicted molar refractivity (Wildman–Crippen MR) is 100 cm³/mol. The number of amides is 1. The van der Waals surface area contributed by atoms with Crippen molar-refractivity contribution in [2.75, 3.05) is 44.8 Å². The highest BCUT2D eigenvalue weighted by Gasteiger charge is 2.14. The van der Waals surface area contributed by atoms with E-state index >= 15 is 0 Å². The van der Waals surface area contributed by atoms with Crippen LogP contribution in [-0.2, 0) is 4.79 Å². The molecule has 2 aromatic rings. The molecule has 0 spiro atoms. The first-order valence-electron chi connectivity index (χ1n) is 8.84. The minimum Gasteiger partial charge on any atom is -0.492 e. The van der Waals surface area contributed by atoms with Crippen LogP contribution in [0.1, 0.15) is 6.92 Å². The monoisotopic (exact) mass is 356 g/mol. The first-order valence-corrected chi connectivity index (χ1v) is 8.84. The van der Waals surface area contributed by atoms with Gasteiger partial charge in [-0.3, -0.25) is 9.69 Å². The molecule has 0 radical (unpaired) electrons. The van der Waals surface area contributed by atoms with Crippen LogP contribution in [-0.4, -0.2) is 50.3 Å². The molecule has 0 bridgehead atoms. The molecule has 0 aromatic heterocycles. The lowest BCUT2D eigenvalue weighted by Crippen LogP contribution is -2.35. The highest BCUT2D eigenvalue weighted by atomic mass is 16.6. The summed E-state index contributed by atoms with van der Waals surface area (Å²) in [6, 6.07) is 15.1. The molecule has 0 saturated carbocycles. The maximum absolute atomic E-state index is 12.3. The van der Waals surface area contributed by atoms with E-state index in [-0.39, 0.29) is 5.91 Å². The third kappa shape index (κ3) is 5.13. The van der Waals surface area contributed by atoms with Crippen molar-refractivity contribution >= 4 is 11.6 Å². The van der Waals surface area contributed by atoms with Crippen LogP contribution in [0.2, 0.25) is 0 Å². The fourth-order valence-corrected chi connectivity index (χ4v) is 2.68. The van der Waals surface area contributed by atoms with Crippen molar-refractivity contribution in [1.29, 1.82) is 0 Å². The van der Waals surface area contributed by atoms with Crippen molar-refractivity contribution in [2.24, 2.45) is 0 Å². The minimum atomic E-state index is -0.0664. The average Bonchev–Trinajstić information content (AvgIpc) is 2.68. The van der Waals surface area contributed by atoms with E-state index < -0.39 is 0 Å². The van der Waals surface area contributed by atoms with Crippen molar-refractivity contribution in [3.8, 4) is 17.2 Å². The molecule has 1 N–H and O–H groups in total. The Balaban J connectivity index is 1.46. The number of para-hydroxylation sites is 1. The third-order valence-electron chi connectivity index (χ3n) is 4.06. The van der Waals surface area contributed by atoms with Gasteiger partial charge in [0.05, 0.1) is 6.54 Å². The van der Waals surface area contributed by atoms with Crippen molar-refractivity contribution in [3.63, 3.8) is 0 Å². The second-order valence-electron chi connectivity index (χ2n) is 5.94. The number of likely N-dealkylation sites (N-methyl/N-ethyl adjacent to an activating group) is 1. The van der Waals surface area contributed by atoms with Gasteiger partial charge in [0.25, 0.3) is 0 Å². The number of hydrogen-bond acceptors (Lipinski definition) is 5. The summed E-state index contributed by atoms with van der Waals surface area (Å²) in [6.45, 7) is 5.40. The van der Waals surface area contributed by atoms with Gasteiger partial charge in [-0.05, 0) is 30.8 Å². The van der Waals surface area contributed by atoms with Crippen LogP contribution < -0.4 is 19.5 Å². The summed E-state index contributed by atoms with van der Waals surface area (Å²) < 4.78 is 16.7. The molecule has 6 heteroatoms. The van der Waals surface area contributed by atoms with Crippen LogP contribution in [0.5, 0.6) is 17.2 Å². The fraction of sp³-hybridized carbons (Fsp3) is 0.350. The Hall–Kier alpha value is -2.73. The molecule has 0 fully saturated rings. The van der Waals surface area contributed by atoms with E-state index in [9.17, 15) is 4.79 Å². The van der Waals surface area contributed by atoms with E-state index in [0.717, 1.165) is 12.3 Å². The molecule has 1 heterocycles. The van der Waals surface area contributed by atoms with E-state index in [1.807, 2.05) is 54.3 Å². The number of ether oxygens (including phenoxy) is 3. The van der Waals surface area contributed by atoms with Gasteiger partial charge in [-0.25, -0.2) is 0 Å². The maximum Gasteiger partial charge on any atom is 0.238 e. The molecular formula is C20H24N2O4. The van der Waals surface area contributed by atoms with Gasteiger partial charge >= 0.3 is 0 Å². The standard InChI is InChI=1S/C20H24N2O4/c1-2-22(10-11-24-17-6-4-3-5-7-17)15-20(23)21-16-8-9-18-19(14-16)26-13-12-25-18/h3-9,14H,2,10-13,15H2,1H3,(H,21,23). The lowest BCUT2D eigenvalue weighted by Gasteiger charge is -2.21. The molecule has 26 heavy (non-hydrogen) atoms. The summed E-state index contributed by atoms with van der Waals surface area (Å²) >= 11 is 0. The van der Waals surface area contributed by atoms with Gasteiger partial charge < -0.3 is 19.5 Å². The van der Waals surface area contributed by atoms with Gasteiger partial charge in [-0.1, -0.05) is 25.1 Å². The maximum atomic E-state index is 12.3. The van der Waals surface area contributed by atoms with Gasteiger partial charge in [0.2, 0.25) is 5.91 Å². The lowest BCUT2D eigenvalue weighted by molar-refractivity contribution is -0.117. The summed E-state index contributed by atoms with van der Waals surface area (Å²) in [7, 11) is 0. The molecule has 0 unspecified atom stereocenters. The van der Waals surface area contributed by atoms with Gasteiger partial charge in [0.15, 0.2) is 11.5 Å². The molecule has 2 aromatic carbocycles. The second-order valence-corrected chi connectivity index (χ2v) is 5.94. The van der Waals surface area contributed by atoms with Crippen LogP contribution in [0.3, 0.4) is 0 Å². The summed E-state index contributed by atoms with van der Waals surface area (Å²) in [4.78, 5) is 14.4. The van der Waals surface area contributed by atoms with Crippen LogP contribution >= 0.6 is 0 Å². The number of nitrogens with zero attached hydrogens (tertiary/aromatic N) is 1. The highest BCUT2D eigenvalue weighted by Crippen LogP contribution is 2.32. The van der Waals surface area contributed by atoms with Crippen LogP contribution in [0.4, 0.5) is 5.69 Å². The van der Waals surface area contributed by atoms with Crippen LogP contribution in [0.25, 0.3) is 0 Å². The number of anilines is 1. The Morgan fingerprint density at radius 2 is 1.88 bits per heavy atom. The second kappa shape index (κ2) is 9.10. The van der Waals surface area contributed by atoms with Gasteiger partial charge in [0.1, 0.15) is 25.6 Å². The molecule has 1 amide bonds. The van der Waals surface area contributed by atoms with E-state index in [1.54, 1.807) is 6.07 Å². The quantitative estimate of drug-likeness (QED) is 0.788. The number of hydrogen-bond donors (Lipinski definition) is 1. The number of benzene rings is 2. The smallest absolute Gasteiger partial charge is 0.238 e. The summed E-state index contributed by atoms with van der Waals surface area (Å²) in [5.41, 5.74) is 0.704. The number of carbonyl (C=O) groups excluding carboxylic acids is 1. The van der Waals surface area contributed by atoms with Crippen molar-refractivity contribution in [1.82, 2.24) is 4.90 Å². The molecule has 1 aliphatic rings. The predicted octanol–water partition coefficient (Wildman–Crippen LogP) is 2.80. The third-order valence-corrected chi connectivity index (χ3v) is 4.06. The first-order chi connectivity index (χ1) is 12.7. The Kier molecular flexibility index (Phi) is 6.33. The van der Waals surface area contributed by atoms with Gasteiger partial charge in [-0.15, -0.1) is 0 Å². The van der Waals surface area contributed by atoms with Crippen LogP contribution in [0.15, 0.2) is 48.5 Å². The topological polar surface area (TPSA) is 60.0 Å². The Morgan fingerprint density at radius 1 is 1.12 bits per heavy atom. The number of fused-ring (bicyclic) bond motifs is 1. The normalized spacial score (nSPS) is 12.7. The zero-order valence-corrected chi connectivity index (χ0v) is 14.9. The molecule has 3 rings (SSSR count). The van der Waals surface area contributed by atoms with E-state index in [2.05, 4.69) is 5.32 Å². The summed E-state index contributed by atoms with van der Waals surface area (Å²) in [6.07, 6.45) is 0. The van der Waals surface area contributed by atoms with Gasteiger partial charge in [0, 0.05) is 18.3 Å². The van der Waals surface area contributed by atoms with Gasteiger partial charge in [-0.2, -0.15) is 0 Å². The highest BCUT2D eigenvalue weighted by molar-refractivity contribution is 5.92. The number of nitrogens with one attached hydrogen (secondary N) is 1. The zero-order chi connectivity index (χ0) is 18.2. The summed E-state index contributed by atoms with van der Waals surface area (Å²) in [5.74, 6) is 2.15. The Labute approximate surface area is 153 Å². The zero-order valence-electron chi connectivity index (χ0n) is 14.9. The van der Waals surface area contributed by atoms with E-state index in [4.69, 9.17) is 14.2 Å². The van der Waals surface area contributed by atoms with Crippen molar-refractivity contribution in [3.05, 3.63) is 48.5 Å². The number of carbonyl (C=O) groups is 1. The Bertz CT molecular complexity index is 721. The molecule has 1 aliphatic heterocycles. The van der Waals surface area contributed by atoms with Crippen molar-refractivity contribution < 1.29 is 19.0 Å². The molecule has 0 aliphatic carbocycles. The van der Waals surface area contributed by atoms with E-state index in [0.29, 0.717) is 50.1 Å². The Morgan fingerprint density at radius 3 is 2.65 bits per heavy atom. The fourth-order valence-electron chi connectivity index (χ4n) is 2.68. The van der Waals surface area contributed by atoms with Crippen molar-refractivity contribution in [2.45, 2.75) is 6.92 Å². The molecule has 0 saturated heterocycles. The lowest BCUT2D eigenvalue weighted by atomic mass is 10.2. The van der Waals surface area contributed by atoms with Crippen LogP contribution in [0, 0.1) is 0 Å². The molecular weight excluding hydrogens is 332 g/mol. The molecule has 6 nitrogen and oxygen atoms in total. The molecule has 0 atom stereocenters. The van der Waals surface area contributed by atoms with E-state index in [1.165, 1.54) is 0 Å². The summed E-state index contributed by atoms with van der Waals surface area (Å²) in [5, 5.41) is 2.91.